The van der Waals surface area contributed by atoms with Crippen LogP contribution in [0.3, 0.4) is 0 Å². The maximum Gasteiger partial charge on any atom is 0.309 e. The van der Waals surface area contributed by atoms with Crippen LogP contribution < -0.4 is 0 Å². The summed E-state index contributed by atoms with van der Waals surface area (Å²) in [4.78, 5) is 11.6. The first kappa shape index (κ1) is 11.3. The molecule has 2 fully saturated rings. The fourth-order valence-corrected chi connectivity index (χ4v) is 4.97. The molecular weight excluding hydrogens is 208 g/mol. The Morgan fingerprint density at radius 1 is 1.33 bits per heavy atom. The minimum Gasteiger partial charge on any atom is -0.481 e. The molecule has 0 spiro atoms. The highest BCUT2D eigenvalue weighted by Crippen LogP contribution is 2.57. The predicted molar refractivity (Wildman–Crippen MR) is 63.2 cm³/mol. The summed E-state index contributed by atoms with van der Waals surface area (Å²) in [6.45, 7) is 4.44. The van der Waals surface area contributed by atoms with Crippen LogP contribution in [0.2, 0.25) is 0 Å². The standard InChI is InChI=1S/C12H20O2S/c1-11(2)9(5-8-15-11)12(10(13)14)6-3-4-7-12/h9H,3-8H2,1-2H3,(H,13,14). The largest absolute Gasteiger partial charge is 0.481 e. The van der Waals surface area contributed by atoms with Crippen LogP contribution in [0.1, 0.15) is 46.0 Å². The molecule has 0 radical (unpaired) electrons. The van der Waals surface area contributed by atoms with Crippen molar-refractivity contribution in [2.24, 2.45) is 11.3 Å². The number of thioether (sulfide) groups is 1. The van der Waals surface area contributed by atoms with Crippen molar-refractivity contribution in [3.63, 3.8) is 0 Å². The van der Waals surface area contributed by atoms with E-state index in [1.54, 1.807) is 0 Å². The number of carboxylic acids is 1. The van der Waals surface area contributed by atoms with Crippen LogP contribution in [0.25, 0.3) is 0 Å². The molecule has 0 aromatic carbocycles. The molecule has 2 aliphatic rings. The van der Waals surface area contributed by atoms with Gasteiger partial charge in [-0.3, -0.25) is 4.79 Å². The Balaban J connectivity index is 2.29. The molecule has 1 unspecified atom stereocenters. The average Bonchev–Trinajstić information content (AvgIpc) is 2.71. The summed E-state index contributed by atoms with van der Waals surface area (Å²) in [5, 5.41) is 9.55. The van der Waals surface area contributed by atoms with E-state index in [0.29, 0.717) is 5.92 Å². The topological polar surface area (TPSA) is 37.3 Å². The summed E-state index contributed by atoms with van der Waals surface area (Å²) in [5.74, 6) is 0.961. The van der Waals surface area contributed by atoms with Gasteiger partial charge >= 0.3 is 5.97 Å². The number of aliphatic carboxylic acids is 1. The number of hydrogen-bond donors (Lipinski definition) is 1. The van der Waals surface area contributed by atoms with Gasteiger partial charge < -0.3 is 5.11 Å². The Hall–Kier alpha value is -0.180. The van der Waals surface area contributed by atoms with Crippen molar-refractivity contribution in [2.45, 2.75) is 50.7 Å². The maximum absolute atomic E-state index is 11.6. The summed E-state index contributed by atoms with van der Waals surface area (Å²) in [5.41, 5.74) is -0.396. The van der Waals surface area contributed by atoms with E-state index in [1.165, 1.54) is 0 Å². The van der Waals surface area contributed by atoms with Crippen LogP contribution in [-0.2, 0) is 4.79 Å². The highest BCUT2D eigenvalue weighted by Gasteiger charge is 2.54. The fraction of sp³-hybridized carbons (Fsp3) is 0.917. The van der Waals surface area contributed by atoms with Gasteiger partial charge in [0.1, 0.15) is 0 Å². The van der Waals surface area contributed by atoms with Gasteiger partial charge in [-0.05, 0) is 30.9 Å². The molecule has 86 valence electrons. The van der Waals surface area contributed by atoms with Gasteiger partial charge in [0.15, 0.2) is 0 Å². The second-order valence-electron chi connectivity index (χ2n) is 5.46. The van der Waals surface area contributed by atoms with E-state index in [9.17, 15) is 9.90 Å². The molecule has 1 N–H and O–H groups in total. The van der Waals surface area contributed by atoms with Crippen LogP contribution >= 0.6 is 11.8 Å². The number of carboxylic acid groups (broad SMARTS) is 1. The molecule has 0 aromatic rings. The Labute approximate surface area is 95.8 Å². The molecule has 0 aromatic heterocycles. The van der Waals surface area contributed by atoms with Crippen molar-refractivity contribution in [1.82, 2.24) is 0 Å². The molecule has 1 atom stereocenters. The van der Waals surface area contributed by atoms with E-state index in [-0.39, 0.29) is 4.75 Å². The molecule has 2 nitrogen and oxygen atoms in total. The fourth-order valence-electron chi connectivity index (χ4n) is 3.55. The molecule has 1 saturated carbocycles. The van der Waals surface area contributed by atoms with Gasteiger partial charge in [0.2, 0.25) is 0 Å². The molecule has 0 amide bonds. The molecular formula is C12H20O2S. The summed E-state index contributed by atoms with van der Waals surface area (Å²) in [6, 6.07) is 0. The van der Waals surface area contributed by atoms with E-state index in [1.807, 2.05) is 11.8 Å². The van der Waals surface area contributed by atoms with Gasteiger partial charge in [-0.25, -0.2) is 0 Å². The molecule has 15 heavy (non-hydrogen) atoms. The zero-order valence-corrected chi connectivity index (χ0v) is 10.4. The van der Waals surface area contributed by atoms with Crippen molar-refractivity contribution in [2.75, 3.05) is 5.75 Å². The molecule has 1 heterocycles. The van der Waals surface area contributed by atoms with Crippen LogP contribution in [0.5, 0.6) is 0 Å². The Bertz CT molecular complexity index is 267. The third kappa shape index (κ3) is 1.69. The minimum atomic E-state index is -0.541. The predicted octanol–water partition coefficient (Wildman–Crippen LogP) is 3.16. The monoisotopic (exact) mass is 228 g/mol. The van der Waals surface area contributed by atoms with Crippen molar-refractivity contribution in [3.8, 4) is 0 Å². The Morgan fingerprint density at radius 2 is 1.93 bits per heavy atom. The van der Waals surface area contributed by atoms with Crippen molar-refractivity contribution < 1.29 is 9.90 Å². The van der Waals surface area contributed by atoms with E-state index in [2.05, 4.69) is 13.8 Å². The number of rotatable bonds is 2. The Kier molecular flexibility index (Phi) is 2.78. The lowest BCUT2D eigenvalue weighted by Crippen LogP contribution is -2.43. The second-order valence-corrected chi connectivity index (χ2v) is 7.21. The van der Waals surface area contributed by atoms with E-state index in [4.69, 9.17) is 0 Å². The third-order valence-corrected chi connectivity index (χ3v) is 5.78. The maximum atomic E-state index is 11.6. The summed E-state index contributed by atoms with van der Waals surface area (Å²) < 4.78 is 0.155. The van der Waals surface area contributed by atoms with E-state index in [0.717, 1.165) is 37.9 Å². The number of hydrogen-bond acceptors (Lipinski definition) is 2. The lowest BCUT2D eigenvalue weighted by molar-refractivity contribution is -0.153. The molecule has 1 aliphatic carbocycles. The first-order chi connectivity index (χ1) is 6.99. The van der Waals surface area contributed by atoms with Crippen molar-refractivity contribution in [1.29, 1.82) is 0 Å². The lowest BCUT2D eigenvalue weighted by Gasteiger charge is -2.38. The summed E-state index contributed by atoms with van der Waals surface area (Å²) in [6.07, 6.45) is 5.09. The van der Waals surface area contributed by atoms with Gasteiger partial charge in [0.05, 0.1) is 5.41 Å². The van der Waals surface area contributed by atoms with Crippen molar-refractivity contribution >= 4 is 17.7 Å². The number of carbonyl (C=O) groups is 1. The van der Waals surface area contributed by atoms with Gasteiger partial charge in [0.25, 0.3) is 0 Å². The zero-order chi connectivity index (χ0) is 11.1. The second kappa shape index (κ2) is 3.69. The van der Waals surface area contributed by atoms with E-state index < -0.39 is 11.4 Å². The smallest absolute Gasteiger partial charge is 0.309 e. The highest BCUT2D eigenvalue weighted by molar-refractivity contribution is 8.00. The SMILES string of the molecule is CC1(C)SCCC1C1(C(=O)O)CCCC1. The van der Waals surface area contributed by atoms with Gasteiger partial charge in [-0.15, -0.1) is 0 Å². The van der Waals surface area contributed by atoms with Gasteiger partial charge in [-0.1, -0.05) is 26.7 Å². The first-order valence-corrected chi connectivity index (χ1v) is 6.85. The Morgan fingerprint density at radius 3 is 2.33 bits per heavy atom. The zero-order valence-electron chi connectivity index (χ0n) is 9.58. The normalized spacial score (nSPS) is 33.1. The first-order valence-electron chi connectivity index (χ1n) is 5.86. The van der Waals surface area contributed by atoms with Crippen molar-refractivity contribution in [3.05, 3.63) is 0 Å². The molecule has 3 heteroatoms. The molecule has 0 bridgehead atoms. The van der Waals surface area contributed by atoms with Crippen LogP contribution in [0.4, 0.5) is 0 Å². The lowest BCUT2D eigenvalue weighted by atomic mass is 9.67. The quantitative estimate of drug-likeness (QED) is 0.789. The summed E-state index contributed by atoms with van der Waals surface area (Å²) in [7, 11) is 0. The van der Waals surface area contributed by atoms with E-state index >= 15 is 0 Å². The molecule has 2 rings (SSSR count). The van der Waals surface area contributed by atoms with Gasteiger partial charge in [0, 0.05) is 4.75 Å². The van der Waals surface area contributed by atoms with Crippen LogP contribution in [0, 0.1) is 11.3 Å². The highest BCUT2D eigenvalue weighted by atomic mass is 32.2. The third-order valence-electron chi connectivity index (χ3n) is 4.31. The van der Waals surface area contributed by atoms with Gasteiger partial charge in [-0.2, -0.15) is 11.8 Å². The minimum absolute atomic E-state index is 0.155. The van der Waals surface area contributed by atoms with Crippen LogP contribution in [-0.4, -0.2) is 21.6 Å². The molecule has 1 aliphatic heterocycles. The van der Waals surface area contributed by atoms with Crippen LogP contribution in [0.15, 0.2) is 0 Å². The summed E-state index contributed by atoms with van der Waals surface area (Å²) >= 11 is 1.95. The molecule has 1 saturated heterocycles. The average molecular weight is 228 g/mol.